The maximum atomic E-state index is 13.3. The molecule has 1 heterocycles. The van der Waals surface area contributed by atoms with Gasteiger partial charge >= 0.3 is 0 Å². The number of carbonyl (C=O) groups excluding carboxylic acids is 1. The van der Waals surface area contributed by atoms with Crippen molar-refractivity contribution in [1.82, 2.24) is 14.6 Å². The minimum Gasteiger partial charge on any atom is -0.349 e. The standard InChI is InChI=1S/C24H33N3O4S/c1-16-8-6-7-11-21(16)26-24(29)20-15-23(28)25-22-13-12-18(14-19(20)22)32(30,31)27(2)17-9-4-3-5-10-17/h12-17,21H,3-11H2,1-2H3,(H,25,28)(H,26,29). The molecule has 0 spiro atoms. The number of nitrogens with one attached hydrogen (secondary N) is 2. The van der Waals surface area contributed by atoms with Gasteiger partial charge in [0.25, 0.3) is 5.91 Å². The highest BCUT2D eigenvalue weighted by Gasteiger charge is 2.30. The highest BCUT2D eigenvalue weighted by atomic mass is 32.2. The van der Waals surface area contributed by atoms with Crippen LogP contribution in [-0.2, 0) is 10.0 Å². The number of aromatic amines is 1. The number of hydrogen-bond acceptors (Lipinski definition) is 4. The summed E-state index contributed by atoms with van der Waals surface area (Å²) < 4.78 is 28.1. The van der Waals surface area contributed by atoms with Crippen molar-refractivity contribution in [1.29, 1.82) is 0 Å². The third-order valence-corrected chi connectivity index (χ3v) is 9.16. The van der Waals surface area contributed by atoms with Crippen LogP contribution >= 0.6 is 0 Å². The molecule has 1 amide bonds. The Morgan fingerprint density at radius 3 is 2.44 bits per heavy atom. The molecule has 1 aromatic carbocycles. The number of sulfonamides is 1. The SMILES string of the molecule is CC1CCCCC1NC(=O)c1cc(=O)[nH]c2ccc(S(=O)(=O)N(C)C3CCCCC3)cc12. The molecule has 2 saturated carbocycles. The predicted octanol–water partition coefficient (Wildman–Crippen LogP) is 3.79. The molecule has 174 valence electrons. The van der Waals surface area contributed by atoms with Gasteiger partial charge in [-0.3, -0.25) is 9.59 Å². The molecule has 2 aromatic rings. The number of pyridine rings is 1. The number of benzene rings is 1. The number of hydrogen-bond donors (Lipinski definition) is 2. The number of H-pyrrole nitrogens is 1. The summed E-state index contributed by atoms with van der Waals surface area (Å²) in [5, 5.41) is 3.53. The molecule has 2 N–H and O–H groups in total. The fourth-order valence-electron chi connectivity index (χ4n) is 5.17. The number of rotatable bonds is 5. The molecule has 7 nitrogen and oxygen atoms in total. The Kier molecular flexibility index (Phi) is 6.72. The average molecular weight is 460 g/mol. The summed E-state index contributed by atoms with van der Waals surface area (Å²) in [6.45, 7) is 2.13. The van der Waals surface area contributed by atoms with Crippen molar-refractivity contribution in [3.05, 3.63) is 40.2 Å². The number of fused-ring (bicyclic) bond motifs is 1. The van der Waals surface area contributed by atoms with Crippen LogP contribution in [0.5, 0.6) is 0 Å². The van der Waals surface area contributed by atoms with Gasteiger partial charge in [0.1, 0.15) is 0 Å². The van der Waals surface area contributed by atoms with Crippen LogP contribution in [0.3, 0.4) is 0 Å². The number of aromatic nitrogens is 1. The molecule has 2 atom stereocenters. The van der Waals surface area contributed by atoms with Gasteiger partial charge in [-0.05, 0) is 49.8 Å². The van der Waals surface area contributed by atoms with Crippen LogP contribution in [0, 0.1) is 5.92 Å². The fourth-order valence-corrected chi connectivity index (χ4v) is 6.61. The van der Waals surface area contributed by atoms with Crippen molar-refractivity contribution < 1.29 is 13.2 Å². The second kappa shape index (κ2) is 9.35. The van der Waals surface area contributed by atoms with Gasteiger partial charge in [-0.2, -0.15) is 4.31 Å². The molecule has 0 aliphatic heterocycles. The van der Waals surface area contributed by atoms with E-state index in [9.17, 15) is 18.0 Å². The lowest BCUT2D eigenvalue weighted by molar-refractivity contribution is 0.0911. The maximum absolute atomic E-state index is 13.3. The summed E-state index contributed by atoms with van der Waals surface area (Å²) in [6, 6.07) is 5.95. The first-order valence-corrected chi connectivity index (χ1v) is 13.2. The van der Waals surface area contributed by atoms with Gasteiger partial charge in [0.15, 0.2) is 0 Å². The quantitative estimate of drug-likeness (QED) is 0.711. The van der Waals surface area contributed by atoms with Crippen molar-refractivity contribution in [2.45, 2.75) is 81.7 Å². The van der Waals surface area contributed by atoms with Crippen molar-refractivity contribution in [3.63, 3.8) is 0 Å². The number of carbonyl (C=O) groups is 1. The van der Waals surface area contributed by atoms with Crippen molar-refractivity contribution in [3.8, 4) is 0 Å². The lowest BCUT2D eigenvalue weighted by Gasteiger charge is -2.30. The summed E-state index contributed by atoms with van der Waals surface area (Å²) in [7, 11) is -2.07. The Bertz CT molecular complexity index is 1150. The van der Waals surface area contributed by atoms with Crippen molar-refractivity contribution in [2.75, 3.05) is 7.05 Å². The number of nitrogens with zero attached hydrogens (tertiary/aromatic N) is 1. The highest BCUT2D eigenvalue weighted by molar-refractivity contribution is 7.89. The first kappa shape index (κ1) is 23.0. The maximum Gasteiger partial charge on any atom is 0.252 e. The third-order valence-electron chi connectivity index (χ3n) is 7.25. The smallest absolute Gasteiger partial charge is 0.252 e. The normalized spacial score (nSPS) is 22.8. The van der Waals surface area contributed by atoms with Crippen LogP contribution in [0.25, 0.3) is 10.9 Å². The molecule has 0 radical (unpaired) electrons. The Balaban J connectivity index is 1.69. The van der Waals surface area contributed by atoms with E-state index >= 15 is 0 Å². The first-order chi connectivity index (χ1) is 15.3. The zero-order chi connectivity index (χ0) is 22.9. The minimum absolute atomic E-state index is 0.00409. The monoisotopic (exact) mass is 459 g/mol. The second-order valence-corrected chi connectivity index (χ2v) is 11.4. The van der Waals surface area contributed by atoms with Crippen LogP contribution in [0.2, 0.25) is 0 Å². The molecule has 1 aromatic heterocycles. The summed E-state index contributed by atoms with van der Waals surface area (Å²) in [4.78, 5) is 28.2. The van der Waals surface area contributed by atoms with Crippen LogP contribution in [0.15, 0.2) is 34.0 Å². The molecular weight excluding hydrogens is 426 g/mol. The molecule has 2 unspecified atom stereocenters. The fraction of sp³-hybridized carbons (Fsp3) is 0.583. The van der Waals surface area contributed by atoms with Gasteiger partial charge in [0.2, 0.25) is 15.6 Å². The third kappa shape index (κ3) is 4.62. The van der Waals surface area contributed by atoms with E-state index in [0.717, 1.165) is 57.8 Å². The predicted molar refractivity (Wildman–Crippen MR) is 125 cm³/mol. The molecule has 2 aliphatic rings. The molecule has 0 saturated heterocycles. The summed E-state index contributed by atoms with van der Waals surface area (Å²) >= 11 is 0. The number of amides is 1. The van der Waals surface area contributed by atoms with E-state index < -0.39 is 10.0 Å². The van der Waals surface area contributed by atoms with E-state index in [1.807, 2.05) is 0 Å². The average Bonchev–Trinajstić information content (AvgIpc) is 2.79. The van der Waals surface area contributed by atoms with E-state index in [1.54, 1.807) is 13.1 Å². The van der Waals surface area contributed by atoms with Gasteiger partial charge < -0.3 is 10.3 Å². The molecule has 4 rings (SSSR count). The van der Waals surface area contributed by atoms with Crippen LogP contribution in [-0.4, -0.2) is 42.7 Å². The molecule has 8 heteroatoms. The lowest BCUT2D eigenvalue weighted by Crippen LogP contribution is -2.41. The van der Waals surface area contributed by atoms with E-state index in [0.29, 0.717) is 16.8 Å². The highest BCUT2D eigenvalue weighted by Crippen LogP contribution is 2.29. The van der Waals surface area contributed by atoms with E-state index in [4.69, 9.17) is 0 Å². The Labute approximate surface area is 189 Å². The zero-order valence-electron chi connectivity index (χ0n) is 18.9. The van der Waals surface area contributed by atoms with Crippen LogP contribution < -0.4 is 10.9 Å². The van der Waals surface area contributed by atoms with E-state index in [-0.39, 0.29) is 34.0 Å². The van der Waals surface area contributed by atoms with Crippen LogP contribution in [0.1, 0.15) is 75.1 Å². The second-order valence-electron chi connectivity index (χ2n) is 9.41. The van der Waals surface area contributed by atoms with Crippen molar-refractivity contribution >= 4 is 26.8 Å². The lowest BCUT2D eigenvalue weighted by atomic mass is 9.86. The molecule has 0 bridgehead atoms. The molecular formula is C24H33N3O4S. The van der Waals surface area contributed by atoms with E-state index in [1.165, 1.54) is 22.5 Å². The largest absolute Gasteiger partial charge is 0.349 e. The Morgan fingerprint density at radius 2 is 1.72 bits per heavy atom. The molecule has 32 heavy (non-hydrogen) atoms. The van der Waals surface area contributed by atoms with Gasteiger partial charge in [0, 0.05) is 36.1 Å². The van der Waals surface area contributed by atoms with Gasteiger partial charge in [0.05, 0.1) is 10.5 Å². The van der Waals surface area contributed by atoms with E-state index in [2.05, 4.69) is 17.2 Å². The summed E-state index contributed by atoms with van der Waals surface area (Å²) in [5.41, 5.74) is 0.298. The topological polar surface area (TPSA) is 99.3 Å². The molecule has 2 aliphatic carbocycles. The Morgan fingerprint density at radius 1 is 1.03 bits per heavy atom. The molecule has 2 fully saturated rings. The van der Waals surface area contributed by atoms with Crippen molar-refractivity contribution in [2.24, 2.45) is 5.92 Å². The van der Waals surface area contributed by atoms with Gasteiger partial charge in [-0.15, -0.1) is 0 Å². The Hall–Kier alpha value is -2.19. The zero-order valence-corrected chi connectivity index (χ0v) is 19.7. The summed E-state index contributed by atoms with van der Waals surface area (Å²) in [5.74, 6) is 0.0519. The summed E-state index contributed by atoms with van der Waals surface area (Å²) in [6.07, 6.45) is 9.16. The van der Waals surface area contributed by atoms with Gasteiger partial charge in [-0.25, -0.2) is 8.42 Å². The first-order valence-electron chi connectivity index (χ1n) is 11.7. The van der Waals surface area contributed by atoms with Gasteiger partial charge in [-0.1, -0.05) is 39.0 Å². The van der Waals surface area contributed by atoms with Crippen LogP contribution in [0.4, 0.5) is 0 Å². The minimum atomic E-state index is -3.71.